The fourth-order valence-electron chi connectivity index (χ4n) is 2.85. The lowest BCUT2D eigenvalue weighted by atomic mass is 10.00. The Morgan fingerprint density at radius 2 is 1.54 bits per heavy atom. The molecule has 0 aliphatic rings. The molecule has 0 heterocycles. The maximum Gasteiger partial charge on any atom is 0.573 e. The highest BCUT2D eigenvalue weighted by molar-refractivity contribution is 5.84. The number of likely N-dealkylation sites (N-methyl/N-ethyl adjacent to an activating group) is 1. The van der Waals surface area contributed by atoms with E-state index in [0.29, 0.717) is 0 Å². The summed E-state index contributed by atoms with van der Waals surface area (Å²) in [6.07, 6.45) is -8.17. The van der Waals surface area contributed by atoms with Crippen LogP contribution in [0.5, 0.6) is 5.75 Å². The van der Waals surface area contributed by atoms with Gasteiger partial charge in [0.2, 0.25) is 6.10 Å². The molecule has 0 aliphatic carbocycles. The monoisotopic (exact) mass is 509 g/mol. The van der Waals surface area contributed by atoms with Crippen molar-refractivity contribution in [1.29, 1.82) is 0 Å². The standard InChI is InChI=1S/C23H31F4NO7/c1-21(2,3)35-20(32)28(6)16(11-12-22(4,5)24)19(31)33-17(18(29)30)13-14-7-9-15(10-8-14)34-23(25,26)27/h7-10,16-17H,11-13H2,1-6H3,(H,29,30)/t16-,17+/m0/s1. The molecule has 35 heavy (non-hydrogen) atoms. The van der Waals surface area contributed by atoms with Gasteiger partial charge in [-0.2, -0.15) is 0 Å². The van der Waals surface area contributed by atoms with Crippen molar-refractivity contribution in [2.75, 3.05) is 7.05 Å². The number of rotatable bonds is 10. The number of benzene rings is 1. The molecule has 1 rings (SSSR count). The molecule has 0 aromatic heterocycles. The van der Waals surface area contributed by atoms with Crippen LogP contribution in [0.15, 0.2) is 24.3 Å². The fourth-order valence-corrected chi connectivity index (χ4v) is 2.85. The number of hydrogen-bond donors (Lipinski definition) is 1. The second-order valence-corrected chi connectivity index (χ2v) is 9.52. The van der Waals surface area contributed by atoms with Gasteiger partial charge < -0.3 is 19.3 Å². The molecular weight excluding hydrogens is 478 g/mol. The molecule has 2 atom stereocenters. The summed E-state index contributed by atoms with van der Waals surface area (Å²) in [5, 5.41) is 9.52. The predicted octanol–water partition coefficient (Wildman–Crippen LogP) is 4.89. The minimum Gasteiger partial charge on any atom is -0.478 e. The van der Waals surface area contributed by atoms with Crippen LogP contribution in [0.1, 0.15) is 53.0 Å². The lowest BCUT2D eigenvalue weighted by Crippen LogP contribution is -2.47. The molecule has 12 heteroatoms. The van der Waals surface area contributed by atoms with E-state index in [1.807, 2.05) is 0 Å². The number of ether oxygens (including phenoxy) is 3. The van der Waals surface area contributed by atoms with E-state index in [0.717, 1.165) is 17.0 Å². The largest absolute Gasteiger partial charge is 0.573 e. The van der Waals surface area contributed by atoms with E-state index in [9.17, 15) is 37.1 Å². The number of carbonyl (C=O) groups excluding carboxylic acids is 2. The van der Waals surface area contributed by atoms with E-state index in [4.69, 9.17) is 9.47 Å². The van der Waals surface area contributed by atoms with Gasteiger partial charge in [-0.25, -0.2) is 18.8 Å². The third-order valence-electron chi connectivity index (χ3n) is 4.55. The molecule has 0 spiro atoms. The number of amides is 1. The van der Waals surface area contributed by atoms with Gasteiger partial charge in [0.1, 0.15) is 23.1 Å². The molecular formula is C23H31F4NO7. The second-order valence-electron chi connectivity index (χ2n) is 9.52. The predicted molar refractivity (Wildman–Crippen MR) is 117 cm³/mol. The Bertz CT molecular complexity index is 874. The molecule has 1 amide bonds. The van der Waals surface area contributed by atoms with Crippen molar-refractivity contribution in [1.82, 2.24) is 4.90 Å². The van der Waals surface area contributed by atoms with E-state index >= 15 is 0 Å². The van der Waals surface area contributed by atoms with E-state index in [1.165, 1.54) is 33.0 Å². The van der Waals surface area contributed by atoms with Gasteiger partial charge in [-0.3, -0.25) is 4.90 Å². The van der Waals surface area contributed by atoms with E-state index < -0.39 is 53.6 Å². The molecule has 0 radical (unpaired) electrons. The minimum absolute atomic E-state index is 0.141. The molecule has 0 unspecified atom stereocenters. The molecule has 0 saturated carbocycles. The van der Waals surface area contributed by atoms with Crippen molar-refractivity contribution >= 4 is 18.0 Å². The zero-order valence-corrected chi connectivity index (χ0v) is 20.4. The summed E-state index contributed by atoms with van der Waals surface area (Å²) in [6.45, 7) is 7.41. The molecule has 0 saturated heterocycles. The molecule has 8 nitrogen and oxygen atoms in total. The van der Waals surface area contributed by atoms with Crippen LogP contribution in [-0.2, 0) is 25.5 Å². The first kappa shape index (κ1) is 30.0. The van der Waals surface area contributed by atoms with Crippen LogP contribution in [-0.4, -0.2) is 64.9 Å². The average Bonchev–Trinajstić information content (AvgIpc) is 2.65. The number of hydrogen-bond acceptors (Lipinski definition) is 6. The van der Waals surface area contributed by atoms with E-state index in [-0.39, 0.29) is 24.8 Å². The maximum absolute atomic E-state index is 14.1. The van der Waals surface area contributed by atoms with Gasteiger partial charge in [0.15, 0.2) is 0 Å². The summed E-state index contributed by atoms with van der Waals surface area (Å²) in [6, 6.07) is 3.03. The SMILES string of the molecule is CN(C(=O)OC(C)(C)C)[C@@H](CCC(C)(C)F)C(=O)O[C@H](Cc1ccc(OC(F)(F)F)cc1)C(=O)O. The van der Waals surface area contributed by atoms with Crippen LogP contribution in [0.2, 0.25) is 0 Å². The number of carboxylic acids is 1. The van der Waals surface area contributed by atoms with Gasteiger partial charge >= 0.3 is 24.4 Å². The third kappa shape index (κ3) is 11.8. The first-order valence-corrected chi connectivity index (χ1v) is 10.7. The molecule has 0 bridgehead atoms. The third-order valence-corrected chi connectivity index (χ3v) is 4.55. The minimum atomic E-state index is -4.88. The number of esters is 1. The summed E-state index contributed by atoms with van der Waals surface area (Å²) in [7, 11) is 1.25. The van der Waals surface area contributed by atoms with Crippen molar-refractivity contribution in [3.8, 4) is 5.75 Å². The number of carbonyl (C=O) groups is 3. The van der Waals surface area contributed by atoms with Gasteiger partial charge in [-0.15, -0.1) is 13.2 Å². The fraction of sp³-hybridized carbons (Fsp3) is 0.609. The molecule has 1 aromatic carbocycles. The smallest absolute Gasteiger partial charge is 0.478 e. The summed E-state index contributed by atoms with van der Waals surface area (Å²) in [5.41, 5.74) is -2.31. The molecule has 1 aromatic rings. The van der Waals surface area contributed by atoms with Crippen LogP contribution >= 0.6 is 0 Å². The average molecular weight is 509 g/mol. The molecule has 1 N–H and O–H groups in total. The highest BCUT2D eigenvalue weighted by Crippen LogP contribution is 2.24. The van der Waals surface area contributed by atoms with Crippen LogP contribution in [0, 0.1) is 0 Å². The Morgan fingerprint density at radius 3 is 1.97 bits per heavy atom. The number of halogens is 4. The van der Waals surface area contributed by atoms with Crippen LogP contribution < -0.4 is 4.74 Å². The summed E-state index contributed by atoms with van der Waals surface area (Å²) >= 11 is 0. The number of aliphatic carboxylic acids is 1. The highest BCUT2D eigenvalue weighted by atomic mass is 19.4. The summed E-state index contributed by atoms with van der Waals surface area (Å²) in [4.78, 5) is 38.0. The van der Waals surface area contributed by atoms with E-state index in [1.54, 1.807) is 20.8 Å². The van der Waals surface area contributed by atoms with Crippen LogP contribution in [0.25, 0.3) is 0 Å². The van der Waals surface area contributed by atoms with E-state index in [2.05, 4.69) is 4.74 Å². The lowest BCUT2D eigenvalue weighted by Gasteiger charge is -2.31. The lowest BCUT2D eigenvalue weighted by molar-refractivity contribution is -0.274. The quantitative estimate of drug-likeness (QED) is 0.354. The summed E-state index contributed by atoms with van der Waals surface area (Å²) < 4.78 is 65.2. The Labute approximate surface area is 201 Å². The zero-order chi connectivity index (χ0) is 27.2. The van der Waals surface area contributed by atoms with Crippen molar-refractivity contribution in [2.45, 2.75) is 83.7 Å². The Kier molecular flexibility index (Phi) is 9.93. The van der Waals surface area contributed by atoms with Crippen molar-refractivity contribution in [3.05, 3.63) is 29.8 Å². The summed E-state index contributed by atoms with van der Waals surface area (Å²) in [5.74, 6) is -3.11. The topological polar surface area (TPSA) is 102 Å². The van der Waals surface area contributed by atoms with Gasteiger partial charge in [-0.05, 0) is 65.2 Å². The molecule has 0 aliphatic heterocycles. The van der Waals surface area contributed by atoms with Gasteiger partial charge in [-0.1, -0.05) is 12.1 Å². The first-order valence-electron chi connectivity index (χ1n) is 10.7. The Hall–Kier alpha value is -3.05. The first-order chi connectivity index (χ1) is 15.8. The van der Waals surface area contributed by atoms with Gasteiger partial charge in [0, 0.05) is 13.5 Å². The molecule has 198 valence electrons. The Morgan fingerprint density at radius 1 is 1.00 bits per heavy atom. The zero-order valence-electron chi connectivity index (χ0n) is 20.4. The Balaban J connectivity index is 3.03. The normalized spacial score (nSPS) is 14.0. The number of alkyl halides is 4. The van der Waals surface area contributed by atoms with Crippen LogP contribution in [0.3, 0.4) is 0 Å². The maximum atomic E-state index is 14.1. The molecule has 0 fully saturated rings. The number of nitrogens with zero attached hydrogens (tertiary/aromatic N) is 1. The van der Waals surface area contributed by atoms with Crippen LogP contribution in [0.4, 0.5) is 22.4 Å². The van der Waals surface area contributed by atoms with Crippen molar-refractivity contribution in [3.63, 3.8) is 0 Å². The van der Waals surface area contributed by atoms with Crippen molar-refractivity contribution in [2.24, 2.45) is 0 Å². The van der Waals surface area contributed by atoms with Gasteiger partial charge in [0.25, 0.3) is 0 Å². The van der Waals surface area contributed by atoms with Gasteiger partial charge in [0.05, 0.1) is 0 Å². The number of carboxylic acid groups (broad SMARTS) is 1. The van der Waals surface area contributed by atoms with Crippen molar-refractivity contribution < 1.29 is 51.3 Å². The highest BCUT2D eigenvalue weighted by Gasteiger charge is 2.36. The second kappa shape index (κ2) is 11.6.